The lowest BCUT2D eigenvalue weighted by Crippen LogP contribution is -2.33. The molecule has 0 saturated carbocycles. The van der Waals surface area contributed by atoms with Crippen molar-refractivity contribution >= 4 is 15.9 Å². The second-order valence-electron chi connectivity index (χ2n) is 7.50. The molecule has 0 bridgehead atoms. The van der Waals surface area contributed by atoms with Gasteiger partial charge in [-0.3, -0.25) is 4.79 Å². The van der Waals surface area contributed by atoms with E-state index in [4.69, 9.17) is 5.14 Å². The van der Waals surface area contributed by atoms with Crippen LogP contribution in [-0.2, 0) is 21.4 Å². The van der Waals surface area contributed by atoms with Crippen molar-refractivity contribution in [3.8, 4) is 11.3 Å². The Kier molecular flexibility index (Phi) is 6.63. The average Bonchev–Trinajstić information content (AvgIpc) is 3.20. The van der Waals surface area contributed by atoms with Gasteiger partial charge in [0.25, 0.3) is 0 Å². The maximum absolute atomic E-state index is 12.9. The zero-order valence-electron chi connectivity index (χ0n) is 16.9. The first kappa shape index (κ1) is 21.7. The lowest BCUT2D eigenvalue weighted by molar-refractivity contribution is -0.125. The number of sulfonamides is 1. The molecule has 3 rings (SSSR count). The van der Waals surface area contributed by atoms with Gasteiger partial charge in [0, 0.05) is 12.1 Å². The number of rotatable bonds is 8. The van der Waals surface area contributed by atoms with Crippen LogP contribution in [-0.4, -0.2) is 29.3 Å². The molecule has 9 heteroatoms. The Morgan fingerprint density at radius 3 is 2.37 bits per heavy atom. The number of hydrogen-bond acceptors (Lipinski definition) is 5. The summed E-state index contributed by atoms with van der Waals surface area (Å²) in [5.74, 6) is 0.146. The number of nitrogens with zero attached hydrogens (tertiary/aromatic N) is 3. The number of nitrogens with one attached hydrogen (secondary N) is 1. The SMILES string of the molecule is CC(C)C[C@@H](C(=O)NCc1ccccc1)n1cc(-c2ccc(S(N)(=O)=O)cc2)nn1. The second kappa shape index (κ2) is 9.19. The van der Waals surface area contributed by atoms with E-state index >= 15 is 0 Å². The molecule has 0 fully saturated rings. The van der Waals surface area contributed by atoms with E-state index in [2.05, 4.69) is 15.6 Å². The van der Waals surface area contributed by atoms with E-state index in [1.54, 1.807) is 23.0 Å². The summed E-state index contributed by atoms with van der Waals surface area (Å²) < 4.78 is 24.4. The maximum atomic E-state index is 12.9. The third-order valence-electron chi connectivity index (χ3n) is 4.62. The van der Waals surface area contributed by atoms with E-state index < -0.39 is 16.1 Å². The molecule has 0 radical (unpaired) electrons. The number of aromatic nitrogens is 3. The summed E-state index contributed by atoms with van der Waals surface area (Å²) >= 11 is 0. The second-order valence-corrected chi connectivity index (χ2v) is 9.06. The van der Waals surface area contributed by atoms with E-state index in [1.807, 2.05) is 44.2 Å². The zero-order chi connectivity index (χ0) is 21.7. The number of benzene rings is 2. The van der Waals surface area contributed by atoms with Crippen molar-refractivity contribution < 1.29 is 13.2 Å². The number of carbonyl (C=O) groups excluding carboxylic acids is 1. The lowest BCUT2D eigenvalue weighted by atomic mass is 10.0. The lowest BCUT2D eigenvalue weighted by Gasteiger charge is -2.18. The van der Waals surface area contributed by atoms with Crippen LogP contribution < -0.4 is 10.5 Å². The van der Waals surface area contributed by atoms with Crippen molar-refractivity contribution in [3.05, 3.63) is 66.4 Å². The van der Waals surface area contributed by atoms with E-state index in [-0.39, 0.29) is 16.7 Å². The van der Waals surface area contributed by atoms with Crippen LogP contribution >= 0.6 is 0 Å². The third kappa shape index (κ3) is 5.52. The molecule has 1 amide bonds. The van der Waals surface area contributed by atoms with Crippen molar-refractivity contribution in [1.82, 2.24) is 20.3 Å². The molecule has 0 unspecified atom stereocenters. The number of primary sulfonamides is 1. The third-order valence-corrected chi connectivity index (χ3v) is 5.54. The average molecular weight is 428 g/mol. The highest BCUT2D eigenvalue weighted by Gasteiger charge is 2.23. The summed E-state index contributed by atoms with van der Waals surface area (Å²) in [5.41, 5.74) is 2.24. The van der Waals surface area contributed by atoms with Gasteiger partial charge in [0.2, 0.25) is 15.9 Å². The van der Waals surface area contributed by atoms with Crippen LogP contribution in [0.4, 0.5) is 0 Å². The fourth-order valence-electron chi connectivity index (χ4n) is 3.06. The minimum Gasteiger partial charge on any atom is -0.350 e. The van der Waals surface area contributed by atoms with Gasteiger partial charge >= 0.3 is 0 Å². The molecule has 0 spiro atoms. The summed E-state index contributed by atoms with van der Waals surface area (Å²) in [4.78, 5) is 12.9. The Hall–Kier alpha value is -3.04. The summed E-state index contributed by atoms with van der Waals surface area (Å²) in [7, 11) is -3.76. The molecule has 1 atom stereocenters. The van der Waals surface area contributed by atoms with Crippen LogP contribution in [0.3, 0.4) is 0 Å². The van der Waals surface area contributed by atoms with Crippen molar-refractivity contribution in [2.24, 2.45) is 11.1 Å². The predicted octanol–water partition coefficient (Wildman–Crippen LogP) is 2.50. The predicted molar refractivity (Wildman–Crippen MR) is 114 cm³/mol. The quantitative estimate of drug-likeness (QED) is 0.572. The van der Waals surface area contributed by atoms with Crippen LogP contribution in [0, 0.1) is 5.92 Å². The minimum absolute atomic E-state index is 0.0246. The van der Waals surface area contributed by atoms with Crippen molar-refractivity contribution in [1.29, 1.82) is 0 Å². The Morgan fingerprint density at radius 2 is 1.77 bits per heavy atom. The van der Waals surface area contributed by atoms with Gasteiger partial charge in [-0.1, -0.05) is 61.5 Å². The Bertz CT molecular complexity index is 1090. The standard InChI is InChI=1S/C21H25N5O3S/c1-15(2)12-20(21(27)23-13-16-6-4-3-5-7-16)26-14-19(24-25-26)17-8-10-18(11-9-17)30(22,28)29/h3-11,14-15,20H,12-13H2,1-2H3,(H,23,27)(H2,22,28,29)/t20-/m0/s1. The zero-order valence-corrected chi connectivity index (χ0v) is 17.7. The molecule has 2 aromatic carbocycles. The van der Waals surface area contributed by atoms with E-state index in [0.29, 0.717) is 24.2 Å². The first-order valence-electron chi connectivity index (χ1n) is 9.60. The number of hydrogen-bond donors (Lipinski definition) is 2. The fraction of sp³-hybridized carbons (Fsp3) is 0.286. The molecule has 3 aromatic rings. The Morgan fingerprint density at radius 1 is 1.10 bits per heavy atom. The Balaban J connectivity index is 1.78. The largest absolute Gasteiger partial charge is 0.350 e. The number of carbonyl (C=O) groups is 1. The van der Waals surface area contributed by atoms with Gasteiger partial charge in [0.15, 0.2) is 0 Å². The minimum atomic E-state index is -3.76. The van der Waals surface area contributed by atoms with Gasteiger partial charge in [-0.2, -0.15) is 0 Å². The van der Waals surface area contributed by atoms with Crippen LogP contribution in [0.5, 0.6) is 0 Å². The van der Waals surface area contributed by atoms with Crippen molar-refractivity contribution in [3.63, 3.8) is 0 Å². The normalized spacial score (nSPS) is 12.7. The molecule has 30 heavy (non-hydrogen) atoms. The fourth-order valence-corrected chi connectivity index (χ4v) is 3.58. The molecular weight excluding hydrogens is 402 g/mol. The number of nitrogens with two attached hydrogens (primary N) is 1. The molecule has 1 aromatic heterocycles. The summed E-state index contributed by atoms with van der Waals surface area (Å²) in [6.45, 7) is 4.52. The highest BCUT2D eigenvalue weighted by Crippen LogP contribution is 2.22. The molecule has 0 aliphatic heterocycles. The smallest absolute Gasteiger partial charge is 0.245 e. The van der Waals surface area contributed by atoms with Gasteiger partial charge in [-0.05, 0) is 30.0 Å². The van der Waals surface area contributed by atoms with Crippen LogP contribution in [0.25, 0.3) is 11.3 Å². The molecule has 1 heterocycles. The van der Waals surface area contributed by atoms with Gasteiger partial charge in [-0.25, -0.2) is 18.2 Å². The van der Waals surface area contributed by atoms with E-state index in [9.17, 15) is 13.2 Å². The van der Waals surface area contributed by atoms with Crippen molar-refractivity contribution in [2.45, 2.75) is 37.8 Å². The maximum Gasteiger partial charge on any atom is 0.245 e. The van der Waals surface area contributed by atoms with Gasteiger partial charge < -0.3 is 5.32 Å². The van der Waals surface area contributed by atoms with Gasteiger partial charge in [-0.15, -0.1) is 5.10 Å². The van der Waals surface area contributed by atoms with Crippen LogP contribution in [0.1, 0.15) is 31.9 Å². The highest BCUT2D eigenvalue weighted by atomic mass is 32.2. The summed E-state index contributed by atoms with van der Waals surface area (Å²) in [6.07, 6.45) is 2.30. The van der Waals surface area contributed by atoms with Crippen LogP contribution in [0.15, 0.2) is 65.7 Å². The van der Waals surface area contributed by atoms with E-state index in [0.717, 1.165) is 5.56 Å². The molecule has 8 nitrogen and oxygen atoms in total. The molecule has 0 aliphatic rings. The molecule has 158 valence electrons. The van der Waals surface area contributed by atoms with Gasteiger partial charge in [0.05, 0.1) is 11.1 Å². The molecule has 0 aliphatic carbocycles. The number of amides is 1. The molecule has 3 N–H and O–H groups in total. The first-order chi connectivity index (χ1) is 14.2. The first-order valence-corrected chi connectivity index (χ1v) is 11.2. The highest BCUT2D eigenvalue weighted by molar-refractivity contribution is 7.89. The van der Waals surface area contributed by atoms with Crippen molar-refractivity contribution in [2.75, 3.05) is 0 Å². The molecule has 0 saturated heterocycles. The van der Waals surface area contributed by atoms with E-state index in [1.165, 1.54) is 12.1 Å². The molecular formula is C21H25N5O3S. The van der Waals surface area contributed by atoms with Crippen LogP contribution in [0.2, 0.25) is 0 Å². The van der Waals surface area contributed by atoms with Gasteiger partial charge in [0.1, 0.15) is 11.7 Å². The Labute approximate surface area is 176 Å². The summed E-state index contributed by atoms with van der Waals surface area (Å²) in [5, 5.41) is 16.4. The topological polar surface area (TPSA) is 120 Å². The monoisotopic (exact) mass is 427 g/mol. The summed E-state index contributed by atoms with van der Waals surface area (Å²) in [6, 6.07) is 15.3.